The maximum Gasteiger partial charge on any atom is 1.00 e. The standard InChI is InChI=1S/C27H34FN5O6.C19H19FN6O3.C18H18FN5O4.C9H19NO2.CH3F.CH2O3.2K.H/c1-7-36-25(34)20-11-29-33-13-22-24(31-23(20)33)32(17(3)15-38-22)12-18-10-19(28)8-9-21(18)37-14-16(2)30-26(35)39-27(4,5)6;1-10-8-29-19-12(3-13(20)4-21-19)6-25-11(2)9-28-15-7-26-16(24-17(15)25)14(5-22-26)18(27)23-10;1-3-27-18(26)13-6-21-24-8-14-16(22-15(13)24)23(10(2)9-28-14)7-11-4-12(19)5-20-17(11)25;1-6-7(2)10-8(11)12-9(3,4)5;1-2;2-1-4-3;;;/h8-11,13,16-17H,7,12,14-15H2,1-6H3,(H,30,35);3-5,7,10-11H,6,8-9H2,1-2H3,(H,23,27);4-6,8,10H,3,7,9H2,1-2H3,(H,20,25);7H,6H2,1-5H3,(H,10,11);1H3;1,3H;;;/q;;;;;;2*+1;-1/p-1/t16-,17-;10-,11-;10-;7-;;;;;/m1111...../s1/i;;;;1D;;;;. The van der Waals surface area contributed by atoms with Crippen LogP contribution in [0.25, 0.3) is 16.9 Å². The Kier molecular flexibility index (Phi) is 35.7. The van der Waals surface area contributed by atoms with Gasteiger partial charge in [-0.2, -0.15) is 15.3 Å². The molecule has 1 aromatic carbocycles. The van der Waals surface area contributed by atoms with Gasteiger partial charge in [-0.25, -0.2) is 65.8 Å². The molecule has 41 heteroatoms. The van der Waals surface area contributed by atoms with E-state index < -0.39 is 53.8 Å². The molecule has 0 radical (unpaired) electrons. The number of alkyl halides is 1. The second-order valence-corrected chi connectivity index (χ2v) is 28.3. The molecule has 8 aromatic heterocycles. The number of amides is 3. The topological polar surface area (TPSA) is 400 Å². The van der Waals surface area contributed by atoms with E-state index in [2.05, 4.69) is 51.1 Å². The van der Waals surface area contributed by atoms with Gasteiger partial charge in [0.15, 0.2) is 51.6 Å². The molecule has 4 N–H and O–H groups in total. The molecule has 0 saturated heterocycles. The van der Waals surface area contributed by atoms with E-state index in [4.69, 9.17) is 64.0 Å². The van der Waals surface area contributed by atoms with E-state index in [1.54, 1.807) is 66.2 Å². The number of aromatic nitrogens is 11. The summed E-state index contributed by atoms with van der Waals surface area (Å²) in [5, 5.41) is 29.3. The Labute approximate surface area is 753 Å². The van der Waals surface area contributed by atoms with Crippen LogP contribution in [0.3, 0.4) is 0 Å². The van der Waals surface area contributed by atoms with Crippen molar-refractivity contribution in [2.75, 3.05) is 68.1 Å². The van der Waals surface area contributed by atoms with Crippen LogP contribution in [0.15, 0.2) is 84.7 Å². The van der Waals surface area contributed by atoms with Gasteiger partial charge < -0.3 is 89.8 Å². The van der Waals surface area contributed by atoms with Crippen LogP contribution in [0.4, 0.5) is 44.6 Å². The van der Waals surface area contributed by atoms with E-state index in [1.165, 1.54) is 56.4 Å². The first kappa shape index (κ1) is 94.1. The molecule has 116 heavy (non-hydrogen) atoms. The van der Waals surface area contributed by atoms with Gasteiger partial charge in [0, 0.05) is 35.5 Å². The number of aromatic amines is 1. The summed E-state index contributed by atoms with van der Waals surface area (Å²) in [5.41, 5.74) is 1.93. The summed E-state index contributed by atoms with van der Waals surface area (Å²) in [6.07, 6.45) is 11.4. The Hall–Kier alpha value is -9.05. The number of esters is 2. The third-order valence-corrected chi connectivity index (χ3v) is 16.8. The summed E-state index contributed by atoms with van der Waals surface area (Å²) in [5.74, 6) is 1.04. The molecule has 6 atom stereocenters. The monoisotopic (exact) mass is 1680 g/mol. The molecule has 3 amide bonds. The minimum absolute atomic E-state index is 0. The Balaban J connectivity index is 0.000000284. The molecule has 0 spiro atoms. The summed E-state index contributed by atoms with van der Waals surface area (Å²) < 4.78 is 112. The number of nitrogens with zero attached hydrogens (tertiary/aromatic N) is 13. The normalized spacial score (nSPS) is 16.3. The number of benzene rings is 1. The third-order valence-electron chi connectivity index (χ3n) is 16.8. The summed E-state index contributed by atoms with van der Waals surface area (Å²) >= 11 is 0. The molecule has 4 aliphatic rings. The minimum atomic E-state index is -1.00. The Morgan fingerprint density at radius 2 is 1.16 bits per heavy atom. The molecular weight excluding hydrogens is 1580 g/mol. The van der Waals surface area contributed by atoms with Gasteiger partial charge in [0.05, 0.1) is 108 Å². The first-order valence-corrected chi connectivity index (χ1v) is 36.2. The zero-order chi connectivity index (χ0) is 84.2. The number of pyridine rings is 2. The molecule has 618 valence electrons. The average molecular weight is 1680 g/mol. The van der Waals surface area contributed by atoms with Crippen molar-refractivity contribution in [2.45, 2.75) is 177 Å². The Morgan fingerprint density at radius 3 is 1.67 bits per heavy atom. The fourth-order valence-corrected chi connectivity index (χ4v) is 11.3. The third kappa shape index (κ3) is 26.0. The number of halogens is 4. The van der Waals surface area contributed by atoms with Gasteiger partial charge in [-0.3, -0.25) is 18.8 Å². The number of nitrogens with one attached hydrogen (secondary N) is 4. The van der Waals surface area contributed by atoms with Gasteiger partial charge in [-0.15, -0.1) is 0 Å². The van der Waals surface area contributed by atoms with Crippen molar-refractivity contribution in [1.29, 1.82) is 0 Å². The van der Waals surface area contributed by atoms with Gasteiger partial charge in [-0.1, -0.05) is 6.92 Å². The molecule has 4 aliphatic heterocycles. The van der Waals surface area contributed by atoms with Gasteiger partial charge in [0.1, 0.15) is 84.1 Å². The summed E-state index contributed by atoms with van der Waals surface area (Å²) in [4.78, 5) is 110. The van der Waals surface area contributed by atoms with Gasteiger partial charge in [0.25, 0.3) is 17.9 Å². The van der Waals surface area contributed by atoms with Gasteiger partial charge >= 0.3 is 127 Å². The molecule has 12 heterocycles. The summed E-state index contributed by atoms with van der Waals surface area (Å²) in [7, 11) is -1.00. The molecule has 35 nitrogen and oxygen atoms in total. The van der Waals surface area contributed by atoms with Crippen molar-refractivity contribution in [3.05, 3.63) is 141 Å². The molecule has 13 rings (SSSR count). The van der Waals surface area contributed by atoms with Crippen molar-refractivity contribution in [1.82, 2.24) is 69.7 Å². The number of anilines is 3. The van der Waals surface area contributed by atoms with Crippen molar-refractivity contribution >= 4 is 70.9 Å². The fraction of sp³-hybridized carbons (Fsp3) is 0.467. The number of carbonyl (C=O) groups is 6. The predicted octanol–water partition coefficient (Wildman–Crippen LogP) is 2.66. The van der Waals surface area contributed by atoms with Gasteiger partial charge in [0.2, 0.25) is 5.88 Å². The number of rotatable bonds is 15. The first-order chi connectivity index (χ1) is 54.6. The molecule has 0 aliphatic carbocycles. The van der Waals surface area contributed by atoms with E-state index in [1.807, 2.05) is 77.0 Å². The second-order valence-electron chi connectivity index (χ2n) is 28.3. The van der Waals surface area contributed by atoms with E-state index in [0.717, 1.165) is 18.8 Å². The van der Waals surface area contributed by atoms with Crippen molar-refractivity contribution in [2.24, 2.45) is 0 Å². The van der Waals surface area contributed by atoms with Crippen LogP contribution in [0.5, 0.6) is 28.9 Å². The minimum Gasteiger partial charge on any atom is -1.00 e. The van der Waals surface area contributed by atoms with Crippen LogP contribution < -0.4 is 168 Å². The van der Waals surface area contributed by atoms with Crippen LogP contribution in [-0.4, -0.2) is 191 Å². The molecule has 9 aromatic rings. The zero-order valence-electron chi connectivity index (χ0n) is 69.7. The number of H-pyrrole nitrogens is 1. The van der Waals surface area contributed by atoms with E-state index in [-0.39, 0.29) is 221 Å². The largest absolute Gasteiger partial charge is 1.00 e. The number of hydrogen-bond donors (Lipinski definition) is 4. The van der Waals surface area contributed by atoms with E-state index >= 15 is 0 Å². The Bertz CT molecular complexity index is 4940. The average Bonchev–Trinajstić information content (AvgIpc) is 1.54. The molecular formula is C75H95F4K2N17O18. The number of carbonyl (C=O) groups excluding carboxylic acids is 6. The summed E-state index contributed by atoms with van der Waals surface area (Å²) in [6, 6.07) is 6.14. The van der Waals surface area contributed by atoms with Crippen LogP contribution in [0.2, 0.25) is 0 Å². The number of hydrogen-bond acceptors (Lipinski definition) is 28. The molecule has 2 bridgehead atoms. The van der Waals surface area contributed by atoms with Crippen LogP contribution in [0.1, 0.15) is 161 Å². The van der Waals surface area contributed by atoms with Crippen molar-refractivity contribution in [3.8, 4) is 28.9 Å². The quantitative estimate of drug-likeness (QED) is 0.0218. The van der Waals surface area contributed by atoms with Crippen LogP contribution in [0, 0.1) is 17.5 Å². The number of ether oxygens (including phenoxy) is 9. The molecule has 0 unspecified atom stereocenters. The van der Waals surface area contributed by atoms with E-state index in [9.17, 15) is 46.3 Å². The maximum absolute atomic E-state index is 14.4. The van der Waals surface area contributed by atoms with Crippen molar-refractivity contribution in [3.63, 3.8) is 0 Å². The summed E-state index contributed by atoms with van der Waals surface area (Å²) in [6.45, 7) is 30.3. The SMILES string of the molecule is CCOC(=O)c1cnn2cc3c(nc12)N(Cc1cc(F)c[nH]c1=O)[C@H](C)CO3.CCOC(=O)c1cnn2cc3c(nc12)N(Cc1cc(F)ccc1OC[C@@H](C)NC(=O)OC(C)(C)C)[C@H](C)CO3.CC[C@@H](C)NC(=O)OC(C)(C)C.C[C@@H]1COc2ncc(F)cc2CN2c3nc4c(cnn4cc3OC[C@H]2C)C(=O)N1.O=CO[O-].[2H]CF.[H-].[K+].[K+]. The van der Waals surface area contributed by atoms with Crippen molar-refractivity contribution < 1.29 is 205 Å². The zero-order valence-corrected chi connectivity index (χ0v) is 74.0. The molecule has 0 fully saturated rings. The second kappa shape index (κ2) is 44.0. The fourth-order valence-electron chi connectivity index (χ4n) is 11.3. The number of alkyl carbamates (subject to hydrolysis) is 2. The Morgan fingerprint density at radius 1 is 0.672 bits per heavy atom. The predicted molar refractivity (Wildman–Crippen MR) is 403 cm³/mol. The van der Waals surface area contributed by atoms with Crippen LogP contribution >= 0.6 is 0 Å². The number of fused-ring (bicyclic) bond motifs is 5. The smallest absolute Gasteiger partial charge is 1.00 e. The van der Waals surface area contributed by atoms with Gasteiger partial charge in [-0.05, 0) is 134 Å². The van der Waals surface area contributed by atoms with E-state index in [0.29, 0.717) is 106 Å². The molecule has 0 saturated carbocycles. The first-order valence-electron chi connectivity index (χ1n) is 36.9. The maximum atomic E-state index is 14.4. The van der Waals surface area contributed by atoms with Crippen LogP contribution in [-0.2, 0) is 48.3 Å².